The van der Waals surface area contributed by atoms with E-state index in [9.17, 15) is 8.42 Å². The van der Waals surface area contributed by atoms with E-state index in [2.05, 4.69) is 9.97 Å². The largest absolute Gasteiger partial charge is 0.291 e. The summed E-state index contributed by atoms with van der Waals surface area (Å²) in [5.41, 5.74) is 2.22. The summed E-state index contributed by atoms with van der Waals surface area (Å²) >= 11 is 11.7. The van der Waals surface area contributed by atoms with E-state index in [0.717, 1.165) is 11.3 Å². The third-order valence-electron chi connectivity index (χ3n) is 3.34. The van der Waals surface area contributed by atoms with Crippen molar-refractivity contribution in [3.05, 3.63) is 70.2 Å². The Morgan fingerprint density at radius 3 is 2.50 bits per heavy atom. The lowest BCUT2D eigenvalue weighted by Crippen LogP contribution is -2.12. The van der Waals surface area contributed by atoms with Gasteiger partial charge in [0.1, 0.15) is 10.3 Å². The topological polar surface area (TPSA) is 64.8 Å². The van der Waals surface area contributed by atoms with Crippen LogP contribution in [0.3, 0.4) is 0 Å². The molecular weight excluding hydrogens is 369 g/mol. The van der Waals surface area contributed by atoms with E-state index in [0.29, 0.717) is 5.56 Å². The van der Waals surface area contributed by atoms with Gasteiger partial charge in [-0.25, -0.2) is 18.4 Å². The minimum atomic E-state index is -3.69. The lowest BCUT2D eigenvalue weighted by Gasteiger charge is -2.10. The number of halogens is 2. The van der Waals surface area contributed by atoms with Crippen LogP contribution in [-0.2, 0) is 15.6 Å². The van der Waals surface area contributed by atoms with Crippen LogP contribution in [0.25, 0.3) is 5.69 Å². The Labute approximate surface area is 149 Å². The maximum absolute atomic E-state index is 12.8. The third kappa shape index (κ3) is 3.61. The van der Waals surface area contributed by atoms with Gasteiger partial charge in [0.2, 0.25) is 15.0 Å². The number of hydrogen-bond donors (Lipinski definition) is 0. The van der Waals surface area contributed by atoms with Crippen LogP contribution in [0.4, 0.5) is 0 Å². The molecule has 5 nitrogen and oxygen atoms in total. The van der Waals surface area contributed by atoms with Crippen molar-refractivity contribution in [1.29, 1.82) is 0 Å². The van der Waals surface area contributed by atoms with Gasteiger partial charge in [-0.2, -0.15) is 0 Å². The van der Waals surface area contributed by atoms with Crippen LogP contribution in [0.5, 0.6) is 0 Å². The van der Waals surface area contributed by atoms with E-state index in [1.807, 2.05) is 31.2 Å². The fraction of sp³-hybridized carbons (Fsp3) is 0.125. The molecule has 0 saturated carbocycles. The number of sulfone groups is 1. The molecule has 2 heterocycles. The summed E-state index contributed by atoms with van der Waals surface area (Å²) in [4.78, 5) is 7.85. The lowest BCUT2D eigenvalue weighted by atomic mass is 10.2. The van der Waals surface area contributed by atoms with Crippen LogP contribution in [-0.4, -0.2) is 23.0 Å². The number of imidazole rings is 1. The zero-order valence-electron chi connectivity index (χ0n) is 12.6. The van der Waals surface area contributed by atoms with Gasteiger partial charge >= 0.3 is 0 Å². The number of aryl methyl sites for hydroxylation is 1. The second-order valence-corrected chi connectivity index (χ2v) is 7.96. The van der Waals surface area contributed by atoms with Gasteiger partial charge in [-0.3, -0.25) is 4.57 Å². The standard InChI is InChI=1S/C16H13Cl2N3O2S/c1-11-3-2-4-13(7-11)21-6-5-19-16(21)24(22,23)10-12-8-14(17)20-15(18)9-12/h2-9H,10H2,1H3. The Hall–Kier alpha value is -1.89. The van der Waals surface area contributed by atoms with E-state index < -0.39 is 9.84 Å². The molecule has 3 rings (SSSR count). The van der Waals surface area contributed by atoms with Crippen LogP contribution in [0.1, 0.15) is 11.1 Å². The summed E-state index contributed by atoms with van der Waals surface area (Å²) in [7, 11) is -3.69. The Bertz CT molecular complexity index is 980. The van der Waals surface area contributed by atoms with Crippen LogP contribution in [0.15, 0.2) is 53.9 Å². The quantitative estimate of drug-likeness (QED) is 0.643. The van der Waals surface area contributed by atoms with Crippen LogP contribution in [0.2, 0.25) is 10.3 Å². The summed E-state index contributed by atoms with van der Waals surface area (Å²) in [6, 6.07) is 10.5. The van der Waals surface area contributed by atoms with E-state index in [-0.39, 0.29) is 21.2 Å². The Morgan fingerprint density at radius 2 is 1.83 bits per heavy atom. The molecule has 0 N–H and O–H groups in total. The zero-order valence-corrected chi connectivity index (χ0v) is 15.0. The molecule has 0 atom stereocenters. The van der Waals surface area contributed by atoms with Gasteiger partial charge in [-0.05, 0) is 42.3 Å². The molecule has 8 heteroatoms. The second kappa shape index (κ2) is 6.55. The fourth-order valence-corrected chi connectivity index (χ4v) is 4.30. The number of pyridine rings is 1. The Balaban J connectivity index is 2.01. The number of aromatic nitrogens is 3. The van der Waals surface area contributed by atoms with E-state index >= 15 is 0 Å². The van der Waals surface area contributed by atoms with E-state index in [1.54, 1.807) is 10.8 Å². The molecule has 0 aliphatic heterocycles. The molecule has 2 aromatic heterocycles. The summed E-state index contributed by atoms with van der Waals surface area (Å²) in [5.74, 6) is -0.266. The molecule has 0 spiro atoms. The summed E-state index contributed by atoms with van der Waals surface area (Å²) < 4.78 is 27.1. The molecule has 0 radical (unpaired) electrons. The summed E-state index contributed by atoms with van der Waals surface area (Å²) in [5, 5.41) is 0.265. The molecule has 0 saturated heterocycles. The van der Waals surface area contributed by atoms with Crippen molar-refractivity contribution in [3.63, 3.8) is 0 Å². The molecule has 24 heavy (non-hydrogen) atoms. The number of rotatable bonds is 4. The molecule has 0 amide bonds. The van der Waals surface area contributed by atoms with Gasteiger partial charge in [-0.1, -0.05) is 35.3 Å². The van der Waals surface area contributed by atoms with Crippen molar-refractivity contribution in [2.24, 2.45) is 0 Å². The highest BCUT2D eigenvalue weighted by Crippen LogP contribution is 2.22. The van der Waals surface area contributed by atoms with Crippen molar-refractivity contribution in [3.8, 4) is 5.69 Å². The Kier molecular flexibility index (Phi) is 4.62. The summed E-state index contributed by atoms with van der Waals surface area (Å²) in [6.07, 6.45) is 3.08. The van der Waals surface area contributed by atoms with E-state index in [4.69, 9.17) is 23.2 Å². The van der Waals surface area contributed by atoms with Gasteiger partial charge in [-0.15, -0.1) is 0 Å². The smallest absolute Gasteiger partial charge is 0.232 e. The van der Waals surface area contributed by atoms with Gasteiger partial charge in [0.05, 0.1) is 5.75 Å². The first-order chi connectivity index (χ1) is 11.3. The average Bonchev–Trinajstić information content (AvgIpc) is 2.95. The molecule has 0 aliphatic carbocycles. The normalized spacial score (nSPS) is 11.6. The molecule has 124 valence electrons. The maximum atomic E-state index is 12.8. The van der Waals surface area contributed by atoms with Crippen LogP contribution >= 0.6 is 23.2 Å². The molecule has 0 fully saturated rings. The average molecular weight is 382 g/mol. The predicted molar refractivity (Wildman–Crippen MR) is 93.4 cm³/mol. The van der Waals surface area contributed by atoms with Gasteiger partial charge in [0.25, 0.3) is 0 Å². The zero-order chi connectivity index (χ0) is 17.3. The first-order valence-electron chi connectivity index (χ1n) is 7.00. The first kappa shape index (κ1) is 17.0. The van der Waals surface area contributed by atoms with Crippen LogP contribution in [0, 0.1) is 6.92 Å². The maximum Gasteiger partial charge on any atom is 0.232 e. The van der Waals surface area contributed by atoms with Gasteiger partial charge in [0, 0.05) is 18.1 Å². The minimum absolute atomic E-state index is 0.0304. The molecule has 0 bridgehead atoms. The van der Waals surface area contributed by atoms with Crippen molar-refractivity contribution >= 4 is 33.0 Å². The van der Waals surface area contributed by atoms with Gasteiger partial charge in [0.15, 0.2) is 0 Å². The van der Waals surface area contributed by atoms with Crippen LogP contribution < -0.4 is 0 Å². The minimum Gasteiger partial charge on any atom is -0.291 e. The Morgan fingerprint density at radius 1 is 1.12 bits per heavy atom. The highest BCUT2D eigenvalue weighted by Gasteiger charge is 2.22. The molecule has 0 unspecified atom stereocenters. The number of nitrogens with zero attached hydrogens (tertiary/aromatic N) is 3. The number of benzene rings is 1. The highest BCUT2D eigenvalue weighted by molar-refractivity contribution is 7.90. The van der Waals surface area contributed by atoms with Crippen molar-refractivity contribution in [2.45, 2.75) is 17.8 Å². The molecular formula is C16H13Cl2N3O2S. The SMILES string of the molecule is Cc1cccc(-n2ccnc2S(=O)(=O)Cc2cc(Cl)nc(Cl)c2)c1. The summed E-state index contributed by atoms with van der Waals surface area (Å²) in [6.45, 7) is 1.94. The molecule has 0 aliphatic rings. The number of hydrogen-bond acceptors (Lipinski definition) is 4. The third-order valence-corrected chi connectivity index (χ3v) is 5.30. The van der Waals surface area contributed by atoms with Gasteiger partial charge < -0.3 is 0 Å². The van der Waals surface area contributed by atoms with Crippen molar-refractivity contribution < 1.29 is 8.42 Å². The lowest BCUT2D eigenvalue weighted by molar-refractivity contribution is 0.583. The van der Waals surface area contributed by atoms with E-state index in [1.165, 1.54) is 18.3 Å². The fourth-order valence-electron chi connectivity index (χ4n) is 2.38. The molecule has 3 aromatic rings. The highest BCUT2D eigenvalue weighted by atomic mass is 35.5. The molecule has 1 aromatic carbocycles. The predicted octanol–water partition coefficient (Wildman–Crippen LogP) is 3.86. The monoisotopic (exact) mass is 381 g/mol. The van der Waals surface area contributed by atoms with Crippen molar-refractivity contribution in [1.82, 2.24) is 14.5 Å². The van der Waals surface area contributed by atoms with Crippen molar-refractivity contribution in [2.75, 3.05) is 0 Å². The second-order valence-electron chi connectivity index (χ2n) is 5.30. The first-order valence-corrected chi connectivity index (χ1v) is 9.41.